The van der Waals surface area contributed by atoms with Gasteiger partial charge in [0.1, 0.15) is 0 Å². The number of methoxy groups -OCH3 is 1. The summed E-state index contributed by atoms with van der Waals surface area (Å²) in [5.41, 5.74) is 0. The molecule has 1 aliphatic carbocycles. The predicted octanol–water partition coefficient (Wildman–Crippen LogP) is 0.426. The number of aliphatic hydroxyl groups is 1. The zero-order valence-electron chi connectivity index (χ0n) is 13.0. The highest BCUT2D eigenvalue weighted by atomic mass is 16.5. The Kier molecular flexibility index (Phi) is 6.71. The minimum absolute atomic E-state index is 0.0463. The van der Waals surface area contributed by atoms with Crippen molar-refractivity contribution in [2.45, 2.75) is 32.0 Å². The average molecular weight is 286 g/mol. The van der Waals surface area contributed by atoms with Gasteiger partial charge in [-0.3, -0.25) is 4.90 Å². The fourth-order valence-electron chi connectivity index (χ4n) is 2.73. The molecule has 2 fully saturated rings. The van der Waals surface area contributed by atoms with Gasteiger partial charge in [-0.05, 0) is 25.7 Å². The minimum atomic E-state index is -0.399. The Balaban J connectivity index is 1.54. The zero-order valence-corrected chi connectivity index (χ0v) is 13.0. The van der Waals surface area contributed by atoms with Gasteiger partial charge in [-0.25, -0.2) is 0 Å². The molecule has 20 heavy (non-hydrogen) atoms. The van der Waals surface area contributed by atoms with E-state index in [0.717, 1.165) is 38.6 Å². The summed E-state index contributed by atoms with van der Waals surface area (Å²) in [5.74, 6) is 0.975. The van der Waals surface area contributed by atoms with Gasteiger partial charge in [0.2, 0.25) is 0 Å². The van der Waals surface area contributed by atoms with Crippen LogP contribution in [0.15, 0.2) is 0 Å². The molecule has 2 aliphatic rings. The molecule has 2 unspecified atom stereocenters. The lowest BCUT2D eigenvalue weighted by Gasteiger charge is -2.35. The molecule has 1 saturated carbocycles. The number of nitrogens with zero attached hydrogens (tertiary/aromatic N) is 2. The molecule has 1 N–H and O–H groups in total. The Morgan fingerprint density at radius 3 is 2.35 bits per heavy atom. The van der Waals surface area contributed by atoms with E-state index in [4.69, 9.17) is 9.47 Å². The monoisotopic (exact) mass is 286 g/mol. The molecule has 0 amide bonds. The summed E-state index contributed by atoms with van der Waals surface area (Å²) in [6.45, 7) is 9.36. The van der Waals surface area contributed by atoms with Crippen molar-refractivity contribution in [1.29, 1.82) is 0 Å². The third kappa shape index (κ3) is 6.06. The molecule has 1 aliphatic heterocycles. The summed E-state index contributed by atoms with van der Waals surface area (Å²) in [6.07, 6.45) is 2.50. The van der Waals surface area contributed by atoms with E-state index in [-0.39, 0.29) is 6.10 Å². The van der Waals surface area contributed by atoms with Crippen LogP contribution < -0.4 is 0 Å². The van der Waals surface area contributed by atoms with Crippen LogP contribution in [0.1, 0.15) is 19.8 Å². The Morgan fingerprint density at radius 2 is 1.75 bits per heavy atom. The van der Waals surface area contributed by atoms with Crippen molar-refractivity contribution in [2.24, 2.45) is 5.92 Å². The Labute approximate surface area is 122 Å². The number of β-amino-alcohol motifs (C(OH)–C–C–N with tert-alkyl or cyclic N) is 1. The highest BCUT2D eigenvalue weighted by Crippen LogP contribution is 2.29. The Hall–Kier alpha value is -0.200. The van der Waals surface area contributed by atoms with Crippen LogP contribution in [0.2, 0.25) is 0 Å². The first-order valence-corrected chi connectivity index (χ1v) is 7.90. The van der Waals surface area contributed by atoms with E-state index < -0.39 is 6.10 Å². The number of piperazine rings is 1. The molecular weight excluding hydrogens is 256 g/mol. The van der Waals surface area contributed by atoms with Gasteiger partial charge in [0.25, 0.3) is 0 Å². The van der Waals surface area contributed by atoms with Gasteiger partial charge in [0, 0.05) is 46.4 Å². The second kappa shape index (κ2) is 8.29. The number of hydrogen-bond donors (Lipinski definition) is 1. The van der Waals surface area contributed by atoms with Crippen LogP contribution in [-0.2, 0) is 9.47 Å². The van der Waals surface area contributed by atoms with Crippen LogP contribution in [0.4, 0.5) is 0 Å². The van der Waals surface area contributed by atoms with E-state index in [1.54, 1.807) is 7.11 Å². The van der Waals surface area contributed by atoms with Gasteiger partial charge >= 0.3 is 0 Å². The van der Waals surface area contributed by atoms with E-state index in [1.165, 1.54) is 19.4 Å². The van der Waals surface area contributed by atoms with E-state index >= 15 is 0 Å². The van der Waals surface area contributed by atoms with Gasteiger partial charge in [-0.15, -0.1) is 0 Å². The van der Waals surface area contributed by atoms with Crippen LogP contribution in [0, 0.1) is 5.92 Å². The van der Waals surface area contributed by atoms with Gasteiger partial charge in [0.15, 0.2) is 0 Å². The van der Waals surface area contributed by atoms with Gasteiger partial charge in [-0.1, -0.05) is 0 Å². The van der Waals surface area contributed by atoms with Crippen LogP contribution in [0.3, 0.4) is 0 Å². The number of aliphatic hydroxyl groups excluding tert-OH is 1. The first-order chi connectivity index (χ1) is 9.67. The second-order valence-electron chi connectivity index (χ2n) is 6.30. The highest BCUT2D eigenvalue weighted by Gasteiger charge is 2.26. The molecule has 5 nitrogen and oxygen atoms in total. The molecular formula is C15H30N2O3. The molecule has 0 aromatic rings. The smallest absolute Gasteiger partial charge is 0.0900 e. The number of rotatable bonds is 9. The molecule has 118 valence electrons. The van der Waals surface area contributed by atoms with E-state index in [0.29, 0.717) is 13.2 Å². The van der Waals surface area contributed by atoms with Crippen molar-refractivity contribution in [3.05, 3.63) is 0 Å². The van der Waals surface area contributed by atoms with E-state index in [2.05, 4.69) is 9.80 Å². The maximum absolute atomic E-state index is 10.0. The van der Waals surface area contributed by atoms with Crippen molar-refractivity contribution in [3.63, 3.8) is 0 Å². The minimum Gasteiger partial charge on any atom is -0.389 e. The van der Waals surface area contributed by atoms with Crippen molar-refractivity contribution in [3.8, 4) is 0 Å². The second-order valence-corrected chi connectivity index (χ2v) is 6.30. The average Bonchev–Trinajstić information content (AvgIpc) is 3.23. The first-order valence-electron chi connectivity index (χ1n) is 7.90. The van der Waals surface area contributed by atoms with Crippen molar-refractivity contribution < 1.29 is 14.6 Å². The van der Waals surface area contributed by atoms with Gasteiger partial charge in [-0.2, -0.15) is 0 Å². The van der Waals surface area contributed by atoms with E-state index in [9.17, 15) is 5.11 Å². The topological polar surface area (TPSA) is 45.2 Å². The highest BCUT2D eigenvalue weighted by molar-refractivity contribution is 4.81. The first kappa shape index (κ1) is 16.2. The number of ether oxygens (including phenoxy) is 2. The molecule has 5 heteroatoms. The summed E-state index contributed by atoms with van der Waals surface area (Å²) in [6, 6.07) is 0. The largest absolute Gasteiger partial charge is 0.389 e. The molecule has 0 bridgehead atoms. The quantitative estimate of drug-likeness (QED) is 0.666. The normalized spacial score (nSPS) is 24.8. The molecule has 1 saturated heterocycles. The fraction of sp³-hybridized carbons (Fsp3) is 1.00. The van der Waals surface area contributed by atoms with Crippen LogP contribution in [0.5, 0.6) is 0 Å². The number of hydrogen-bond acceptors (Lipinski definition) is 5. The Bertz CT molecular complexity index is 266. The van der Waals surface area contributed by atoms with Crippen LogP contribution in [0.25, 0.3) is 0 Å². The summed E-state index contributed by atoms with van der Waals surface area (Å²) in [5, 5.41) is 10.0. The molecule has 0 aromatic heterocycles. The third-order valence-electron chi connectivity index (χ3n) is 4.12. The lowest BCUT2D eigenvalue weighted by Crippen LogP contribution is -2.49. The summed E-state index contributed by atoms with van der Waals surface area (Å²) >= 11 is 0. The van der Waals surface area contributed by atoms with E-state index in [1.807, 2.05) is 6.92 Å². The summed E-state index contributed by atoms with van der Waals surface area (Å²) in [4.78, 5) is 4.91. The lowest BCUT2D eigenvalue weighted by atomic mass is 10.2. The summed E-state index contributed by atoms with van der Waals surface area (Å²) < 4.78 is 10.6. The molecule has 1 heterocycles. The molecule has 0 aromatic carbocycles. The van der Waals surface area contributed by atoms with Gasteiger partial charge < -0.3 is 19.5 Å². The Morgan fingerprint density at radius 1 is 1.10 bits per heavy atom. The van der Waals surface area contributed by atoms with Crippen molar-refractivity contribution >= 4 is 0 Å². The SMILES string of the molecule is COCC(C)OCC(O)CN1CCN(CC2CC2)CC1. The lowest BCUT2D eigenvalue weighted by molar-refractivity contribution is -0.0427. The third-order valence-corrected chi connectivity index (χ3v) is 4.12. The molecule has 0 radical (unpaired) electrons. The van der Waals surface area contributed by atoms with Crippen molar-refractivity contribution in [2.75, 3.05) is 59.6 Å². The zero-order chi connectivity index (χ0) is 14.4. The van der Waals surface area contributed by atoms with Crippen molar-refractivity contribution in [1.82, 2.24) is 9.80 Å². The maximum Gasteiger partial charge on any atom is 0.0900 e. The van der Waals surface area contributed by atoms with Crippen LogP contribution >= 0.6 is 0 Å². The predicted molar refractivity (Wildman–Crippen MR) is 78.9 cm³/mol. The molecule has 2 atom stereocenters. The van der Waals surface area contributed by atoms with Crippen LogP contribution in [-0.4, -0.2) is 86.7 Å². The molecule has 2 rings (SSSR count). The maximum atomic E-state index is 10.0. The van der Waals surface area contributed by atoms with Gasteiger partial charge in [0.05, 0.1) is 25.4 Å². The molecule has 0 spiro atoms. The fourth-order valence-corrected chi connectivity index (χ4v) is 2.73. The summed E-state index contributed by atoms with van der Waals surface area (Å²) in [7, 11) is 1.66. The standard InChI is InChI=1S/C15H30N2O3/c1-13(11-19-2)20-12-15(18)10-17-7-5-16(6-8-17)9-14-3-4-14/h13-15,18H,3-12H2,1-2H3.